The molecule has 0 aliphatic carbocycles. The van der Waals surface area contributed by atoms with Crippen molar-refractivity contribution >= 4 is 34.4 Å². The standard InChI is InChI=1S/C17H20N4O2S/c1-24-9-6-15(21-7-2-3-8-21)17(23)18-12-4-5-13-14(10-12)20-16(11-22)19-13/h2-5,7-8,10,15,22H,6,9,11H2,1H3,(H,18,23)(H,19,20)/t15-/m0/s1. The highest BCUT2D eigenvalue weighted by molar-refractivity contribution is 7.98. The van der Waals surface area contributed by atoms with Gasteiger partial charge in [0.05, 0.1) is 11.0 Å². The van der Waals surface area contributed by atoms with Gasteiger partial charge in [-0.05, 0) is 48.8 Å². The smallest absolute Gasteiger partial charge is 0.247 e. The Bertz CT molecular complexity index is 813. The van der Waals surface area contributed by atoms with Crippen molar-refractivity contribution in [1.29, 1.82) is 0 Å². The number of anilines is 1. The number of thioether (sulfide) groups is 1. The van der Waals surface area contributed by atoms with Gasteiger partial charge in [0, 0.05) is 18.1 Å². The number of amides is 1. The summed E-state index contributed by atoms with van der Waals surface area (Å²) in [6.45, 7) is -0.138. The van der Waals surface area contributed by atoms with Crippen molar-refractivity contribution < 1.29 is 9.90 Å². The molecule has 7 heteroatoms. The number of aliphatic hydroxyl groups is 1. The van der Waals surface area contributed by atoms with Crippen molar-refractivity contribution in [2.75, 3.05) is 17.3 Å². The monoisotopic (exact) mass is 344 g/mol. The third-order valence-electron chi connectivity index (χ3n) is 3.83. The van der Waals surface area contributed by atoms with Gasteiger partial charge in [-0.1, -0.05) is 0 Å². The Balaban J connectivity index is 1.78. The lowest BCUT2D eigenvalue weighted by Crippen LogP contribution is -2.25. The molecule has 0 radical (unpaired) electrons. The summed E-state index contributed by atoms with van der Waals surface area (Å²) in [6, 6.07) is 9.09. The highest BCUT2D eigenvalue weighted by Crippen LogP contribution is 2.21. The van der Waals surface area contributed by atoms with Crippen molar-refractivity contribution in [3.8, 4) is 0 Å². The zero-order valence-corrected chi connectivity index (χ0v) is 14.2. The Morgan fingerprint density at radius 3 is 2.92 bits per heavy atom. The van der Waals surface area contributed by atoms with E-state index in [2.05, 4.69) is 15.3 Å². The fraction of sp³-hybridized carbons (Fsp3) is 0.294. The van der Waals surface area contributed by atoms with Crippen LogP contribution in [0.15, 0.2) is 42.7 Å². The number of hydrogen-bond acceptors (Lipinski definition) is 4. The van der Waals surface area contributed by atoms with E-state index in [1.165, 1.54) is 0 Å². The van der Waals surface area contributed by atoms with Crippen molar-refractivity contribution in [2.24, 2.45) is 0 Å². The van der Waals surface area contributed by atoms with Gasteiger partial charge in [0.2, 0.25) is 5.91 Å². The van der Waals surface area contributed by atoms with E-state index in [1.807, 2.05) is 53.5 Å². The summed E-state index contributed by atoms with van der Waals surface area (Å²) < 4.78 is 1.93. The van der Waals surface area contributed by atoms with Crippen LogP contribution in [0.2, 0.25) is 0 Å². The molecular formula is C17H20N4O2S. The van der Waals surface area contributed by atoms with Crippen LogP contribution in [0.5, 0.6) is 0 Å². The summed E-state index contributed by atoms with van der Waals surface area (Å²) in [6.07, 6.45) is 6.63. The van der Waals surface area contributed by atoms with Crippen LogP contribution < -0.4 is 5.32 Å². The fourth-order valence-corrected chi connectivity index (χ4v) is 3.10. The number of nitrogens with zero attached hydrogens (tertiary/aromatic N) is 2. The molecule has 2 heterocycles. The van der Waals surface area contributed by atoms with E-state index in [-0.39, 0.29) is 18.6 Å². The topological polar surface area (TPSA) is 82.9 Å². The maximum absolute atomic E-state index is 12.7. The van der Waals surface area contributed by atoms with E-state index in [4.69, 9.17) is 5.11 Å². The molecular weight excluding hydrogens is 324 g/mol. The maximum Gasteiger partial charge on any atom is 0.247 e. The average molecular weight is 344 g/mol. The van der Waals surface area contributed by atoms with E-state index in [0.717, 1.165) is 23.2 Å². The van der Waals surface area contributed by atoms with Gasteiger partial charge < -0.3 is 20.0 Å². The molecule has 1 atom stereocenters. The molecule has 0 saturated heterocycles. The van der Waals surface area contributed by atoms with Gasteiger partial charge in [-0.15, -0.1) is 0 Å². The first-order valence-corrected chi connectivity index (χ1v) is 9.12. The molecule has 0 saturated carbocycles. The summed E-state index contributed by atoms with van der Waals surface area (Å²) >= 11 is 1.73. The van der Waals surface area contributed by atoms with E-state index >= 15 is 0 Å². The molecule has 0 bridgehead atoms. The molecule has 24 heavy (non-hydrogen) atoms. The van der Waals surface area contributed by atoms with Gasteiger partial charge in [0.1, 0.15) is 18.5 Å². The van der Waals surface area contributed by atoms with E-state index in [1.54, 1.807) is 11.8 Å². The molecule has 3 N–H and O–H groups in total. The summed E-state index contributed by atoms with van der Waals surface area (Å²) in [5, 5.41) is 12.1. The number of nitrogens with one attached hydrogen (secondary N) is 2. The SMILES string of the molecule is CSCC[C@@H](C(=O)Nc1ccc2nc(CO)[nH]c2c1)n1cccc1. The Hall–Kier alpha value is -2.25. The van der Waals surface area contributed by atoms with Crippen LogP contribution in [-0.2, 0) is 11.4 Å². The molecule has 3 rings (SSSR count). The maximum atomic E-state index is 12.7. The minimum atomic E-state index is -0.238. The number of hydrogen-bond donors (Lipinski definition) is 3. The Morgan fingerprint density at radius 1 is 1.42 bits per heavy atom. The molecule has 0 spiro atoms. The van der Waals surface area contributed by atoms with Crippen molar-refractivity contribution in [2.45, 2.75) is 19.1 Å². The molecule has 0 aliphatic heterocycles. The van der Waals surface area contributed by atoms with Crippen molar-refractivity contribution in [3.05, 3.63) is 48.5 Å². The number of fused-ring (bicyclic) bond motifs is 1. The molecule has 1 amide bonds. The minimum absolute atomic E-state index is 0.0403. The Kier molecular flexibility index (Phi) is 5.22. The van der Waals surface area contributed by atoms with Crippen LogP contribution in [0, 0.1) is 0 Å². The summed E-state index contributed by atoms with van der Waals surface area (Å²) in [5.74, 6) is 1.38. The Labute approximate surface area is 144 Å². The molecule has 6 nitrogen and oxygen atoms in total. The molecule has 0 aliphatic rings. The van der Waals surface area contributed by atoms with Gasteiger partial charge in [-0.2, -0.15) is 11.8 Å². The van der Waals surface area contributed by atoms with Gasteiger partial charge in [-0.3, -0.25) is 4.79 Å². The third-order valence-corrected chi connectivity index (χ3v) is 4.48. The number of H-pyrrole nitrogens is 1. The second-order valence-electron chi connectivity index (χ2n) is 5.49. The number of carbonyl (C=O) groups excluding carboxylic acids is 1. The molecule has 126 valence electrons. The first kappa shape index (κ1) is 16.6. The highest BCUT2D eigenvalue weighted by atomic mass is 32.2. The van der Waals surface area contributed by atoms with Crippen LogP contribution in [0.4, 0.5) is 5.69 Å². The number of aromatic nitrogens is 3. The van der Waals surface area contributed by atoms with Gasteiger partial charge in [0.15, 0.2) is 0 Å². The first-order valence-electron chi connectivity index (χ1n) is 7.73. The predicted octanol–water partition coefficient (Wildman–Crippen LogP) is 2.79. The molecule has 3 aromatic rings. The zero-order valence-electron chi connectivity index (χ0n) is 13.4. The largest absolute Gasteiger partial charge is 0.388 e. The minimum Gasteiger partial charge on any atom is -0.388 e. The molecule has 0 unspecified atom stereocenters. The zero-order chi connectivity index (χ0) is 16.9. The van der Waals surface area contributed by atoms with Crippen LogP contribution >= 0.6 is 11.8 Å². The predicted molar refractivity (Wildman–Crippen MR) is 97.1 cm³/mol. The number of aromatic amines is 1. The van der Waals surface area contributed by atoms with Crippen LogP contribution in [0.3, 0.4) is 0 Å². The van der Waals surface area contributed by atoms with Gasteiger partial charge >= 0.3 is 0 Å². The second kappa shape index (κ2) is 7.55. The average Bonchev–Trinajstić information content (AvgIpc) is 3.24. The van der Waals surface area contributed by atoms with Crippen molar-refractivity contribution in [3.63, 3.8) is 0 Å². The number of benzene rings is 1. The lowest BCUT2D eigenvalue weighted by atomic mass is 10.2. The third kappa shape index (κ3) is 3.63. The highest BCUT2D eigenvalue weighted by Gasteiger charge is 2.19. The number of imidazole rings is 1. The summed E-state index contributed by atoms with van der Waals surface area (Å²) in [7, 11) is 0. The lowest BCUT2D eigenvalue weighted by molar-refractivity contribution is -0.119. The summed E-state index contributed by atoms with van der Waals surface area (Å²) in [4.78, 5) is 20.0. The number of rotatable bonds is 7. The normalized spacial score (nSPS) is 12.4. The van der Waals surface area contributed by atoms with Crippen molar-refractivity contribution in [1.82, 2.24) is 14.5 Å². The number of aliphatic hydroxyl groups excluding tert-OH is 1. The first-order chi connectivity index (χ1) is 11.7. The lowest BCUT2D eigenvalue weighted by Gasteiger charge is -2.18. The molecule has 1 aromatic carbocycles. The van der Waals surface area contributed by atoms with Crippen LogP contribution in [0.1, 0.15) is 18.3 Å². The van der Waals surface area contributed by atoms with Crippen LogP contribution in [0.25, 0.3) is 11.0 Å². The molecule has 0 fully saturated rings. The second-order valence-corrected chi connectivity index (χ2v) is 6.48. The Morgan fingerprint density at radius 2 is 2.21 bits per heavy atom. The molecule has 2 aromatic heterocycles. The fourth-order valence-electron chi connectivity index (χ4n) is 2.64. The van der Waals surface area contributed by atoms with E-state index in [0.29, 0.717) is 11.5 Å². The van der Waals surface area contributed by atoms with E-state index in [9.17, 15) is 4.79 Å². The summed E-state index contributed by atoms with van der Waals surface area (Å²) in [5.41, 5.74) is 2.27. The quantitative estimate of drug-likeness (QED) is 0.615. The van der Waals surface area contributed by atoms with Crippen LogP contribution in [-0.4, -0.2) is 37.6 Å². The van der Waals surface area contributed by atoms with Gasteiger partial charge in [0.25, 0.3) is 0 Å². The van der Waals surface area contributed by atoms with Gasteiger partial charge in [-0.25, -0.2) is 4.98 Å². The van der Waals surface area contributed by atoms with E-state index < -0.39 is 0 Å². The number of carbonyl (C=O) groups is 1.